The van der Waals surface area contributed by atoms with Crippen LogP contribution in [0.15, 0.2) is 42.5 Å². The van der Waals surface area contributed by atoms with Crippen LogP contribution in [-0.2, 0) is 20.9 Å². The first-order valence-corrected chi connectivity index (χ1v) is 6.18. The van der Waals surface area contributed by atoms with Gasteiger partial charge in [0.1, 0.15) is 12.4 Å². The number of ether oxygens (including phenoxy) is 1. The topological polar surface area (TPSA) is 43.4 Å². The summed E-state index contributed by atoms with van der Waals surface area (Å²) in [5, 5.41) is 0. The van der Waals surface area contributed by atoms with E-state index in [0.29, 0.717) is 6.42 Å². The number of rotatable bonds is 3. The van der Waals surface area contributed by atoms with Crippen LogP contribution in [-0.4, -0.2) is 11.8 Å². The minimum atomic E-state index is -0.267. The Morgan fingerprint density at radius 3 is 2.61 bits per heavy atom. The Labute approximate surface area is 105 Å². The molecule has 2 bridgehead atoms. The Bertz CT molecular complexity index is 504. The van der Waals surface area contributed by atoms with Crippen molar-refractivity contribution in [2.45, 2.75) is 13.0 Å². The molecule has 3 nitrogen and oxygen atoms in total. The van der Waals surface area contributed by atoms with E-state index in [1.807, 2.05) is 42.5 Å². The highest BCUT2D eigenvalue weighted by Gasteiger charge is 2.47. The number of benzene rings is 1. The third-order valence-corrected chi connectivity index (χ3v) is 3.71. The SMILES string of the molecule is O=C1C2C=CC1C(C(=O)OCc1ccccc1)C2. The molecule has 3 unspecified atom stereocenters. The van der Waals surface area contributed by atoms with Gasteiger partial charge in [0.15, 0.2) is 0 Å². The number of esters is 1. The molecule has 2 aliphatic rings. The number of hydrogen-bond acceptors (Lipinski definition) is 3. The molecule has 3 heteroatoms. The first-order valence-electron chi connectivity index (χ1n) is 6.18. The lowest BCUT2D eigenvalue weighted by Gasteiger charge is -2.15. The van der Waals surface area contributed by atoms with Gasteiger partial charge in [0, 0.05) is 11.8 Å². The van der Waals surface area contributed by atoms with Gasteiger partial charge in [0.2, 0.25) is 0 Å². The predicted molar refractivity (Wildman–Crippen MR) is 65.5 cm³/mol. The maximum atomic E-state index is 11.9. The van der Waals surface area contributed by atoms with Crippen molar-refractivity contribution in [2.24, 2.45) is 17.8 Å². The largest absolute Gasteiger partial charge is 0.461 e. The van der Waals surface area contributed by atoms with Crippen molar-refractivity contribution < 1.29 is 14.3 Å². The summed E-state index contributed by atoms with van der Waals surface area (Å²) < 4.78 is 5.29. The molecule has 0 spiro atoms. The van der Waals surface area contributed by atoms with Gasteiger partial charge in [-0.25, -0.2) is 0 Å². The van der Waals surface area contributed by atoms with Crippen LogP contribution in [0.25, 0.3) is 0 Å². The van der Waals surface area contributed by atoms with Crippen molar-refractivity contribution in [2.75, 3.05) is 0 Å². The molecule has 0 heterocycles. The molecule has 0 N–H and O–H groups in total. The van der Waals surface area contributed by atoms with E-state index >= 15 is 0 Å². The van der Waals surface area contributed by atoms with Crippen LogP contribution >= 0.6 is 0 Å². The van der Waals surface area contributed by atoms with Crippen LogP contribution in [0, 0.1) is 17.8 Å². The van der Waals surface area contributed by atoms with E-state index in [4.69, 9.17) is 4.74 Å². The standard InChI is InChI=1S/C15H14O3/c16-14-11-6-7-12(14)13(8-11)15(17)18-9-10-4-2-1-3-5-10/h1-7,11-13H,8-9H2. The molecule has 0 amide bonds. The fraction of sp³-hybridized carbons (Fsp3) is 0.333. The Hall–Kier alpha value is -1.90. The van der Waals surface area contributed by atoms with E-state index in [0.717, 1.165) is 5.56 Å². The summed E-state index contributed by atoms with van der Waals surface area (Å²) >= 11 is 0. The third-order valence-electron chi connectivity index (χ3n) is 3.71. The molecule has 0 aliphatic heterocycles. The van der Waals surface area contributed by atoms with Gasteiger partial charge in [-0.05, 0) is 12.0 Å². The second-order valence-electron chi connectivity index (χ2n) is 4.86. The van der Waals surface area contributed by atoms with E-state index < -0.39 is 0 Å². The lowest BCUT2D eigenvalue weighted by Crippen LogP contribution is -2.22. The highest BCUT2D eigenvalue weighted by molar-refractivity contribution is 5.96. The fourth-order valence-corrected chi connectivity index (χ4v) is 2.72. The van der Waals surface area contributed by atoms with Crippen LogP contribution in [0.2, 0.25) is 0 Å². The van der Waals surface area contributed by atoms with Crippen molar-refractivity contribution in [3.05, 3.63) is 48.0 Å². The zero-order valence-corrected chi connectivity index (χ0v) is 9.91. The third kappa shape index (κ3) is 1.86. The highest BCUT2D eigenvalue weighted by atomic mass is 16.5. The van der Waals surface area contributed by atoms with Gasteiger partial charge in [-0.2, -0.15) is 0 Å². The van der Waals surface area contributed by atoms with E-state index in [-0.39, 0.29) is 36.1 Å². The normalized spacial score (nSPS) is 28.7. The van der Waals surface area contributed by atoms with Crippen molar-refractivity contribution in [1.82, 2.24) is 0 Å². The second-order valence-corrected chi connectivity index (χ2v) is 4.86. The van der Waals surface area contributed by atoms with Gasteiger partial charge in [-0.1, -0.05) is 42.5 Å². The number of carbonyl (C=O) groups excluding carboxylic acids is 2. The number of carbonyl (C=O) groups is 2. The zero-order chi connectivity index (χ0) is 12.5. The van der Waals surface area contributed by atoms with Crippen LogP contribution in [0.4, 0.5) is 0 Å². The smallest absolute Gasteiger partial charge is 0.310 e. The summed E-state index contributed by atoms with van der Waals surface area (Å²) in [6, 6.07) is 9.57. The number of allylic oxidation sites excluding steroid dienone is 2. The minimum Gasteiger partial charge on any atom is -0.461 e. The van der Waals surface area contributed by atoms with E-state index in [1.54, 1.807) is 0 Å². The zero-order valence-electron chi connectivity index (χ0n) is 9.91. The quantitative estimate of drug-likeness (QED) is 0.602. The van der Waals surface area contributed by atoms with E-state index in [9.17, 15) is 9.59 Å². The molecule has 92 valence electrons. The summed E-state index contributed by atoms with van der Waals surface area (Å²) in [6.45, 7) is 0.283. The minimum absolute atomic E-state index is 0.0516. The molecule has 1 fully saturated rings. The average molecular weight is 242 g/mol. The molecule has 0 radical (unpaired) electrons. The molecule has 18 heavy (non-hydrogen) atoms. The van der Waals surface area contributed by atoms with Crippen molar-refractivity contribution >= 4 is 11.8 Å². The Balaban J connectivity index is 1.60. The molecule has 2 aliphatic carbocycles. The second kappa shape index (κ2) is 4.41. The van der Waals surface area contributed by atoms with E-state index in [1.165, 1.54) is 0 Å². The number of Topliss-reactive ketones (excluding diaryl/α,β-unsaturated/α-hetero) is 1. The molecular formula is C15H14O3. The summed E-state index contributed by atoms with van der Waals surface area (Å²) in [6.07, 6.45) is 4.38. The number of ketones is 1. The van der Waals surface area contributed by atoms with Gasteiger partial charge in [0.25, 0.3) is 0 Å². The van der Waals surface area contributed by atoms with Crippen LogP contribution in [0.3, 0.4) is 0 Å². The molecule has 1 saturated carbocycles. The molecule has 0 saturated heterocycles. The average Bonchev–Trinajstić information content (AvgIpc) is 2.93. The van der Waals surface area contributed by atoms with Gasteiger partial charge in [-0.15, -0.1) is 0 Å². The summed E-state index contributed by atoms with van der Waals surface area (Å²) in [5.41, 5.74) is 0.968. The van der Waals surface area contributed by atoms with Crippen LogP contribution < -0.4 is 0 Å². The van der Waals surface area contributed by atoms with Gasteiger partial charge < -0.3 is 4.74 Å². The van der Waals surface area contributed by atoms with Gasteiger partial charge >= 0.3 is 5.97 Å². The van der Waals surface area contributed by atoms with Crippen LogP contribution in [0.1, 0.15) is 12.0 Å². The maximum Gasteiger partial charge on any atom is 0.310 e. The lowest BCUT2D eigenvalue weighted by molar-refractivity contribution is -0.151. The van der Waals surface area contributed by atoms with Crippen LogP contribution in [0.5, 0.6) is 0 Å². The highest BCUT2D eigenvalue weighted by Crippen LogP contribution is 2.41. The first kappa shape index (κ1) is 11.2. The van der Waals surface area contributed by atoms with E-state index in [2.05, 4.69) is 0 Å². The fourth-order valence-electron chi connectivity index (χ4n) is 2.72. The number of fused-ring (bicyclic) bond motifs is 2. The maximum absolute atomic E-state index is 11.9. The first-order chi connectivity index (χ1) is 8.75. The molecule has 3 rings (SSSR count). The van der Waals surface area contributed by atoms with Crippen molar-refractivity contribution in [1.29, 1.82) is 0 Å². The van der Waals surface area contributed by atoms with Crippen molar-refractivity contribution in [3.8, 4) is 0 Å². The lowest BCUT2D eigenvalue weighted by atomic mass is 9.94. The Morgan fingerprint density at radius 1 is 1.22 bits per heavy atom. The predicted octanol–water partition coefficient (Wildman–Crippen LogP) is 2.12. The molecule has 0 aromatic heterocycles. The molecule has 3 atom stereocenters. The Morgan fingerprint density at radius 2 is 2.00 bits per heavy atom. The molecule has 1 aromatic carbocycles. The Kier molecular flexibility index (Phi) is 2.74. The summed E-state index contributed by atoms with van der Waals surface area (Å²) in [4.78, 5) is 23.6. The van der Waals surface area contributed by atoms with Gasteiger partial charge in [-0.3, -0.25) is 9.59 Å². The summed E-state index contributed by atoms with van der Waals surface area (Å²) in [5.74, 6) is -0.625. The monoisotopic (exact) mass is 242 g/mol. The molecular weight excluding hydrogens is 228 g/mol. The molecule has 1 aromatic rings. The van der Waals surface area contributed by atoms with Crippen molar-refractivity contribution in [3.63, 3.8) is 0 Å². The van der Waals surface area contributed by atoms with Gasteiger partial charge in [0.05, 0.1) is 5.92 Å². The summed E-state index contributed by atoms with van der Waals surface area (Å²) in [7, 11) is 0. The number of hydrogen-bond donors (Lipinski definition) is 0.